The van der Waals surface area contributed by atoms with Crippen LogP contribution < -0.4 is 5.32 Å². The Morgan fingerprint density at radius 1 is 1.38 bits per heavy atom. The molecule has 1 aliphatic carbocycles. The lowest BCUT2D eigenvalue weighted by molar-refractivity contribution is 0.148. The Labute approximate surface area is 80.2 Å². The van der Waals surface area contributed by atoms with Gasteiger partial charge in [-0.15, -0.1) is 0 Å². The van der Waals surface area contributed by atoms with Crippen molar-refractivity contribution in [2.24, 2.45) is 5.92 Å². The number of rotatable bonds is 4. The molecule has 0 aliphatic heterocycles. The Hall–Kier alpha value is -0.120. The van der Waals surface area contributed by atoms with E-state index < -0.39 is 0 Å². The third-order valence-electron chi connectivity index (χ3n) is 2.97. The van der Waals surface area contributed by atoms with E-state index >= 15 is 0 Å². The molecule has 13 heavy (non-hydrogen) atoms. The molecule has 4 unspecified atom stereocenters. The average molecular weight is 187 g/mol. The fourth-order valence-corrected chi connectivity index (χ4v) is 1.76. The van der Waals surface area contributed by atoms with Crippen LogP contribution in [-0.2, 0) is 0 Å². The minimum Gasteiger partial charge on any atom is -0.393 e. The van der Waals surface area contributed by atoms with Gasteiger partial charge in [0.1, 0.15) is 0 Å². The Balaban J connectivity index is 2.12. The monoisotopic (exact) mass is 187 g/mol. The molecule has 1 saturated carbocycles. The first-order valence-electron chi connectivity index (χ1n) is 5.19. The molecule has 3 N–H and O–H groups in total. The smallest absolute Gasteiger partial charge is 0.0662 e. The summed E-state index contributed by atoms with van der Waals surface area (Å²) in [5.41, 5.74) is 0. The number of aliphatic hydroxyl groups is 2. The predicted molar refractivity (Wildman–Crippen MR) is 52.5 cm³/mol. The fourth-order valence-electron chi connectivity index (χ4n) is 1.76. The highest BCUT2D eigenvalue weighted by atomic mass is 16.3. The van der Waals surface area contributed by atoms with Gasteiger partial charge >= 0.3 is 0 Å². The molecular weight excluding hydrogens is 166 g/mol. The molecule has 3 nitrogen and oxygen atoms in total. The highest BCUT2D eigenvalue weighted by Crippen LogP contribution is 2.24. The Kier molecular flexibility index (Phi) is 4.16. The summed E-state index contributed by atoms with van der Waals surface area (Å²) in [6.07, 6.45) is 2.58. The van der Waals surface area contributed by atoms with Gasteiger partial charge in [-0.1, -0.05) is 0 Å². The van der Waals surface area contributed by atoms with Crippen molar-refractivity contribution in [3.63, 3.8) is 0 Å². The van der Waals surface area contributed by atoms with E-state index in [0.29, 0.717) is 5.92 Å². The number of nitrogens with one attached hydrogen (secondary N) is 1. The number of hydrogen-bond donors (Lipinski definition) is 3. The van der Waals surface area contributed by atoms with Gasteiger partial charge in [-0.05, 0) is 45.6 Å². The first-order valence-corrected chi connectivity index (χ1v) is 5.19. The molecule has 0 aromatic carbocycles. The highest BCUT2D eigenvalue weighted by molar-refractivity contribution is 4.78. The van der Waals surface area contributed by atoms with Crippen molar-refractivity contribution < 1.29 is 10.2 Å². The van der Waals surface area contributed by atoms with Crippen LogP contribution in [0, 0.1) is 5.92 Å². The van der Waals surface area contributed by atoms with Gasteiger partial charge in [-0.3, -0.25) is 0 Å². The van der Waals surface area contributed by atoms with Crippen LogP contribution in [0.5, 0.6) is 0 Å². The van der Waals surface area contributed by atoms with Gasteiger partial charge < -0.3 is 15.5 Å². The fraction of sp³-hybridized carbons (Fsp3) is 1.00. The van der Waals surface area contributed by atoms with E-state index in [1.54, 1.807) is 6.92 Å². The van der Waals surface area contributed by atoms with Crippen LogP contribution in [0.25, 0.3) is 0 Å². The first-order chi connectivity index (χ1) is 6.09. The van der Waals surface area contributed by atoms with Crippen LogP contribution in [0.3, 0.4) is 0 Å². The van der Waals surface area contributed by atoms with E-state index in [0.717, 1.165) is 25.8 Å². The molecule has 0 amide bonds. The molecule has 0 saturated heterocycles. The summed E-state index contributed by atoms with van der Waals surface area (Å²) in [5.74, 6) is 0.594. The summed E-state index contributed by atoms with van der Waals surface area (Å²) < 4.78 is 0. The summed E-state index contributed by atoms with van der Waals surface area (Å²) in [6, 6.07) is 0.151. The van der Waals surface area contributed by atoms with Crippen LogP contribution in [-0.4, -0.2) is 35.0 Å². The van der Waals surface area contributed by atoms with Crippen molar-refractivity contribution in [1.29, 1.82) is 0 Å². The summed E-state index contributed by atoms with van der Waals surface area (Å²) in [7, 11) is 0. The first kappa shape index (κ1) is 11.0. The second-order valence-electron chi connectivity index (χ2n) is 4.27. The Morgan fingerprint density at radius 3 is 2.54 bits per heavy atom. The lowest BCUT2D eigenvalue weighted by atomic mass is 10.1. The number of hydrogen-bond acceptors (Lipinski definition) is 3. The third kappa shape index (κ3) is 3.63. The van der Waals surface area contributed by atoms with E-state index in [2.05, 4.69) is 5.32 Å². The molecule has 0 heterocycles. The lowest BCUT2D eigenvalue weighted by Gasteiger charge is -2.19. The summed E-state index contributed by atoms with van der Waals surface area (Å²) >= 11 is 0. The van der Waals surface area contributed by atoms with Crippen molar-refractivity contribution in [1.82, 2.24) is 5.32 Å². The minimum atomic E-state index is -0.300. The third-order valence-corrected chi connectivity index (χ3v) is 2.97. The van der Waals surface area contributed by atoms with Crippen molar-refractivity contribution >= 4 is 0 Å². The van der Waals surface area contributed by atoms with Gasteiger partial charge in [0.2, 0.25) is 0 Å². The van der Waals surface area contributed by atoms with Crippen molar-refractivity contribution in [2.45, 2.75) is 51.4 Å². The van der Waals surface area contributed by atoms with Crippen LogP contribution in [0.2, 0.25) is 0 Å². The maximum atomic E-state index is 9.30. The zero-order chi connectivity index (χ0) is 9.84. The maximum Gasteiger partial charge on any atom is 0.0662 e. The van der Waals surface area contributed by atoms with Crippen LogP contribution >= 0.6 is 0 Å². The second kappa shape index (κ2) is 4.94. The van der Waals surface area contributed by atoms with E-state index in [1.807, 2.05) is 6.92 Å². The van der Waals surface area contributed by atoms with Gasteiger partial charge in [0.25, 0.3) is 0 Å². The zero-order valence-electron chi connectivity index (χ0n) is 8.53. The Bertz CT molecular complexity index is 150. The van der Waals surface area contributed by atoms with Crippen LogP contribution in [0.1, 0.15) is 33.1 Å². The largest absolute Gasteiger partial charge is 0.393 e. The van der Waals surface area contributed by atoms with Gasteiger partial charge in [0, 0.05) is 6.04 Å². The molecule has 0 bridgehead atoms. The molecular formula is C10H21NO2. The number of aliphatic hydroxyl groups excluding tert-OH is 2. The van der Waals surface area contributed by atoms with Gasteiger partial charge in [-0.25, -0.2) is 0 Å². The molecule has 3 heteroatoms. The van der Waals surface area contributed by atoms with Gasteiger partial charge in [-0.2, -0.15) is 0 Å². The molecule has 0 spiro atoms. The summed E-state index contributed by atoms with van der Waals surface area (Å²) in [6.45, 7) is 4.69. The molecule has 1 rings (SSSR count). The maximum absolute atomic E-state index is 9.30. The average Bonchev–Trinajstić information content (AvgIpc) is 2.47. The molecule has 0 radical (unpaired) electrons. The molecule has 1 fully saturated rings. The molecule has 78 valence electrons. The molecule has 0 aromatic rings. The minimum absolute atomic E-state index is 0.0892. The van der Waals surface area contributed by atoms with Crippen molar-refractivity contribution in [2.75, 3.05) is 6.54 Å². The van der Waals surface area contributed by atoms with E-state index in [-0.39, 0.29) is 18.2 Å². The normalized spacial score (nSPS) is 33.2. The van der Waals surface area contributed by atoms with E-state index in [9.17, 15) is 10.2 Å². The highest BCUT2D eigenvalue weighted by Gasteiger charge is 2.23. The van der Waals surface area contributed by atoms with Crippen LogP contribution in [0.4, 0.5) is 0 Å². The zero-order valence-corrected chi connectivity index (χ0v) is 8.53. The van der Waals surface area contributed by atoms with Gasteiger partial charge in [0.05, 0.1) is 12.2 Å². The summed E-state index contributed by atoms with van der Waals surface area (Å²) in [5, 5.41) is 21.8. The van der Waals surface area contributed by atoms with Crippen molar-refractivity contribution in [3.8, 4) is 0 Å². The predicted octanol–water partition coefficient (Wildman–Crippen LogP) is 0.506. The topological polar surface area (TPSA) is 52.5 Å². The quantitative estimate of drug-likeness (QED) is 0.601. The lowest BCUT2D eigenvalue weighted by Crippen LogP contribution is -2.38. The molecule has 1 aliphatic rings. The van der Waals surface area contributed by atoms with Crippen molar-refractivity contribution in [3.05, 3.63) is 0 Å². The van der Waals surface area contributed by atoms with Gasteiger partial charge in [0.15, 0.2) is 0 Å². The standard InChI is InChI=1S/C10H21NO2/c1-7(8(2)12)11-6-9-3-4-10(13)5-9/h7-13H,3-6H2,1-2H3. The second-order valence-corrected chi connectivity index (χ2v) is 4.27. The SMILES string of the molecule is CC(O)C(C)NCC1CCC(O)C1. The molecule has 4 atom stereocenters. The Morgan fingerprint density at radius 2 is 2.08 bits per heavy atom. The van der Waals surface area contributed by atoms with E-state index in [1.165, 1.54) is 0 Å². The van der Waals surface area contributed by atoms with E-state index in [4.69, 9.17) is 0 Å². The molecule has 0 aromatic heterocycles. The summed E-state index contributed by atoms with van der Waals surface area (Å²) in [4.78, 5) is 0. The van der Waals surface area contributed by atoms with Crippen LogP contribution in [0.15, 0.2) is 0 Å².